The molecule has 0 aliphatic carbocycles. The van der Waals surface area contributed by atoms with Crippen LogP contribution in [-0.4, -0.2) is 34.0 Å². The van der Waals surface area contributed by atoms with Crippen LogP contribution in [-0.2, 0) is 0 Å². The van der Waals surface area contributed by atoms with Gasteiger partial charge in [0, 0.05) is 30.5 Å². The van der Waals surface area contributed by atoms with Crippen molar-refractivity contribution in [1.82, 2.24) is 20.6 Å². The van der Waals surface area contributed by atoms with Crippen LogP contribution in [0.3, 0.4) is 0 Å². The second kappa shape index (κ2) is 5.53. The Balaban J connectivity index is 1.44. The van der Waals surface area contributed by atoms with Gasteiger partial charge < -0.3 is 15.1 Å². The van der Waals surface area contributed by atoms with E-state index in [2.05, 4.69) is 20.6 Å². The van der Waals surface area contributed by atoms with Crippen molar-refractivity contribution < 1.29 is 9.21 Å². The van der Waals surface area contributed by atoms with Gasteiger partial charge in [-0.05, 0) is 37.8 Å². The van der Waals surface area contributed by atoms with Gasteiger partial charge in [-0.1, -0.05) is 0 Å². The molecule has 2 aromatic rings. The topological polar surface area (TPSA) is 80.0 Å². The fourth-order valence-electron chi connectivity index (χ4n) is 3.43. The molecule has 4 heterocycles. The van der Waals surface area contributed by atoms with Gasteiger partial charge in [0.1, 0.15) is 6.26 Å². The quantitative estimate of drug-likeness (QED) is 0.902. The first-order chi connectivity index (χ1) is 10.8. The van der Waals surface area contributed by atoms with Crippen LogP contribution >= 0.6 is 0 Å². The van der Waals surface area contributed by atoms with Gasteiger partial charge in [-0.25, -0.2) is 4.98 Å². The van der Waals surface area contributed by atoms with Gasteiger partial charge in [0.15, 0.2) is 5.69 Å². The van der Waals surface area contributed by atoms with Crippen molar-refractivity contribution in [3.05, 3.63) is 36.5 Å². The minimum atomic E-state index is -0.162. The Kier molecular flexibility index (Phi) is 3.38. The summed E-state index contributed by atoms with van der Waals surface area (Å²) >= 11 is 0. The van der Waals surface area contributed by atoms with E-state index in [1.54, 1.807) is 12.4 Å². The summed E-state index contributed by atoms with van der Waals surface area (Å²) in [5, 5.41) is 6.65. The molecule has 0 spiro atoms. The van der Waals surface area contributed by atoms with Gasteiger partial charge in [-0.2, -0.15) is 0 Å². The molecule has 2 atom stereocenters. The maximum Gasteiger partial charge on any atom is 0.273 e. The van der Waals surface area contributed by atoms with Gasteiger partial charge in [0.05, 0.1) is 5.56 Å². The van der Waals surface area contributed by atoms with Crippen molar-refractivity contribution in [2.45, 2.75) is 43.8 Å². The molecule has 0 radical (unpaired) electrons. The minimum absolute atomic E-state index is 0.162. The molecular formula is C16H18N4O2. The number of piperidine rings is 1. The molecule has 2 aromatic heterocycles. The summed E-state index contributed by atoms with van der Waals surface area (Å²) in [6.07, 6.45) is 9.18. The van der Waals surface area contributed by atoms with E-state index in [1.165, 1.54) is 19.1 Å². The number of aromatic nitrogens is 2. The van der Waals surface area contributed by atoms with Crippen LogP contribution in [0.4, 0.5) is 0 Å². The van der Waals surface area contributed by atoms with E-state index >= 15 is 0 Å². The molecule has 114 valence electrons. The van der Waals surface area contributed by atoms with Crippen LogP contribution in [0.2, 0.25) is 0 Å². The van der Waals surface area contributed by atoms with E-state index < -0.39 is 0 Å². The Morgan fingerprint density at radius 3 is 2.86 bits per heavy atom. The summed E-state index contributed by atoms with van der Waals surface area (Å²) in [7, 11) is 0. The van der Waals surface area contributed by atoms with Gasteiger partial charge in [-0.15, -0.1) is 0 Å². The summed E-state index contributed by atoms with van der Waals surface area (Å²) in [6, 6.07) is 4.99. The molecule has 2 fully saturated rings. The van der Waals surface area contributed by atoms with E-state index in [9.17, 15) is 4.79 Å². The summed E-state index contributed by atoms with van der Waals surface area (Å²) in [5.41, 5.74) is 1.09. The van der Waals surface area contributed by atoms with Gasteiger partial charge in [0.25, 0.3) is 5.91 Å². The number of nitrogens with zero attached hydrogens (tertiary/aromatic N) is 2. The molecular weight excluding hydrogens is 280 g/mol. The fourth-order valence-corrected chi connectivity index (χ4v) is 3.43. The summed E-state index contributed by atoms with van der Waals surface area (Å²) in [4.78, 5) is 20.6. The van der Waals surface area contributed by atoms with Crippen molar-refractivity contribution in [2.24, 2.45) is 0 Å². The lowest BCUT2D eigenvalue weighted by Gasteiger charge is -2.29. The lowest BCUT2D eigenvalue weighted by atomic mass is 10.00. The third-order valence-corrected chi connectivity index (χ3v) is 4.45. The van der Waals surface area contributed by atoms with Crippen molar-refractivity contribution in [3.8, 4) is 11.5 Å². The Morgan fingerprint density at radius 1 is 1.32 bits per heavy atom. The third-order valence-electron chi connectivity index (χ3n) is 4.45. The lowest BCUT2D eigenvalue weighted by Crippen LogP contribution is -2.48. The fraction of sp³-hybridized carbons (Fsp3) is 0.438. The smallest absolute Gasteiger partial charge is 0.273 e. The van der Waals surface area contributed by atoms with Crippen LogP contribution in [0, 0.1) is 0 Å². The molecule has 2 aliphatic heterocycles. The van der Waals surface area contributed by atoms with E-state index in [-0.39, 0.29) is 11.9 Å². The summed E-state index contributed by atoms with van der Waals surface area (Å²) in [6.45, 7) is 0. The molecule has 4 rings (SSSR count). The first-order valence-corrected chi connectivity index (χ1v) is 7.71. The zero-order valence-corrected chi connectivity index (χ0v) is 12.2. The Morgan fingerprint density at radius 2 is 2.14 bits per heavy atom. The standard InChI is InChI=1S/C16H18N4O2/c21-15(19-13-6-11-3-4-12(7-13)18-11)14-9-22-16(20-14)10-2-1-5-17-8-10/h1-2,5,8-9,11-13,18H,3-4,6-7H2,(H,19,21). The number of fused-ring (bicyclic) bond motifs is 2. The summed E-state index contributed by atoms with van der Waals surface area (Å²) < 4.78 is 5.39. The molecule has 2 N–H and O–H groups in total. The number of rotatable bonds is 3. The Hall–Kier alpha value is -2.21. The number of hydrogen-bond donors (Lipinski definition) is 2. The van der Waals surface area contributed by atoms with Crippen molar-refractivity contribution >= 4 is 5.91 Å². The molecule has 2 bridgehead atoms. The number of nitrogens with one attached hydrogen (secondary N) is 2. The van der Waals surface area contributed by atoms with Crippen molar-refractivity contribution in [3.63, 3.8) is 0 Å². The van der Waals surface area contributed by atoms with Gasteiger partial charge >= 0.3 is 0 Å². The predicted molar refractivity (Wildman–Crippen MR) is 80.2 cm³/mol. The predicted octanol–water partition coefficient (Wildman–Crippen LogP) is 1.75. The van der Waals surface area contributed by atoms with Gasteiger partial charge in [0.2, 0.25) is 5.89 Å². The highest BCUT2D eigenvalue weighted by Crippen LogP contribution is 2.27. The number of pyridine rings is 1. The van der Waals surface area contributed by atoms with Gasteiger partial charge in [-0.3, -0.25) is 9.78 Å². The minimum Gasteiger partial charge on any atom is -0.444 e. The zero-order chi connectivity index (χ0) is 14.9. The molecule has 22 heavy (non-hydrogen) atoms. The molecule has 2 aliphatic rings. The van der Waals surface area contributed by atoms with E-state index in [0.717, 1.165) is 18.4 Å². The van der Waals surface area contributed by atoms with Crippen molar-refractivity contribution in [1.29, 1.82) is 0 Å². The second-order valence-electron chi connectivity index (χ2n) is 6.06. The van der Waals surface area contributed by atoms with Crippen LogP contribution in [0.5, 0.6) is 0 Å². The average Bonchev–Trinajstić information content (AvgIpc) is 3.15. The van der Waals surface area contributed by atoms with Crippen LogP contribution in [0.15, 0.2) is 35.2 Å². The molecule has 0 aromatic carbocycles. The second-order valence-corrected chi connectivity index (χ2v) is 6.06. The largest absolute Gasteiger partial charge is 0.444 e. The highest BCUT2D eigenvalue weighted by atomic mass is 16.3. The number of hydrogen-bond acceptors (Lipinski definition) is 5. The van der Waals surface area contributed by atoms with Crippen LogP contribution in [0.25, 0.3) is 11.5 Å². The maximum absolute atomic E-state index is 12.3. The molecule has 1 amide bonds. The highest BCUT2D eigenvalue weighted by molar-refractivity contribution is 5.92. The Bertz CT molecular complexity index is 658. The molecule has 2 unspecified atom stereocenters. The molecule has 0 saturated carbocycles. The monoisotopic (exact) mass is 298 g/mol. The highest BCUT2D eigenvalue weighted by Gasteiger charge is 2.34. The third kappa shape index (κ3) is 2.62. The first kappa shape index (κ1) is 13.5. The number of amides is 1. The molecule has 2 saturated heterocycles. The summed E-state index contributed by atoms with van der Waals surface area (Å²) in [5.74, 6) is 0.258. The number of oxazole rings is 1. The van der Waals surface area contributed by atoms with Crippen LogP contribution in [0.1, 0.15) is 36.2 Å². The number of carbonyl (C=O) groups is 1. The lowest BCUT2D eigenvalue weighted by molar-refractivity contribution is 0.0919. The number of carbonyl (C=O) groups excluding carboxylic acids is 1. The first-order valence-electron chi connectivity index (χ1n) is 7.71. The zero-order valence-electron chi connectivity index (χ0n) is 12.2. The van der Waals surface area contributed by atoms with E-state index in [1.807, 2.05) is 12.1 Å². The van der Waals surface area contributed by atoms with Crippen LogP contribution < -0.4 is 10.6 Å². The average molecular weight is 298 g/mol. The Labute approximate surface area is 128 Å². The normalized spacial score (nSPS) is 26.8. The van der Waals surface area contributed by atoms with E-state index in [4.69, 9.17) is 4.42 Å². The SMILES string of the molecule is O=C(NC1CC2CCC(C1)N2)c1coc(-c2cccnc2)n1. The molecule has 6 nitrogen and oxygen atoms in total. The van der Waals surface area contributed by atoms with E-state index in [0.29, 0.717) is 23.7 Å². The molecule has 6 heteroatoms. The van der Waals surface area contributed by atoms with Crippen molar-refractivity contribution in [2.75, 3.05) is 0 Å². The maximum atomic E-state index is 12.3.